The first-order valence-electron chi connectivity index (χ1n) is 3.12. The van der Waals surface area contributed by atoms with Crippen LogP contribution in [-0.4, -0.2) is 34.1 Å². The van der Waals surface area contributed by atoms with Gasteiger partial charge >= 0.3 is 0 Å². The van der Waals surface area contributed by atoms with Gasteiger partial charge < -0.3 is 10.3 Å². The number of aliphatic hydroxyl groups is 1. The fraction of sp³-hybridized carbons (Fsp3) is 1.00. The van der Waals surface area contributed by atoms with Crippen molar-refractivity contribution in [3.8, 4) is 0 Å². The van der Waals surface area contributed by atoms with E-state index >= 15 is 0 Å². The van der Waals surface area contributed by atoms with Crippen LogP contribution >= 0.6 is 0 Å². The standard InChI is InChI=1S/C6H15NO2/c1-4-7(9)6(2,3)5-8/h8-9H,4-5H2,1-3H3. The second-order valence-electron chi connectivity index (χ2n) is 2.69. The molecule has 3 heteroatoms. The predicted octanol–water partition coefficient (Wildman–Crippen LogP) is 0.468. The smallest absolute Gasteiger partial charge is 0.0634 e. The number of rotatable bonds is 3. The lowest BCUT2D eigenvalue weighted by Gasteiger charge is -2.30. The van der Waals surface area contributed by atoms with Gasteiger partial charge in [0.25, 0.3) is 0 Å². The minimum atomic E-state index is -0.505. The van der Waals surface area contributed by atoms with Crippen LogP contribution in [0.15, 0.2) is 0 Å². The fourth-order valence-corrected chi connectivity index (χ4v) is 0.510. The van der Waals surface area contributed by atoms with Crippen LogP contribution in [-0.2, 0) is 0 Å². The first kappa shape index (κ1) is 8.88. The topological polar surface area (TPSA) is 43.7 Å². The number of likely N-dealkylation sites (N-methyl/N-ethyl adjacent to an activating group) is 1. The minimum Gasteiger partial charge on any atom is -0.394 e. The summed E-state index contributed by atoms with van der Waals surface area (Å²) in [5.74, 6) is 0. The van der Waals surface area contributed by atoms with Crippen LogP contribution in [0.2, 0.25) is 0 Å². The summed E-state index contributed by atoms with van der Waals surface area (Å²) in [5.41, 5.74) is -0.505. The maximum Gasteiger partial charge on any atom is 0.0634 e. The summed E-state index contributed by atoms with van der Waals surface area (Å²) in [6.07, 6.45) is 0. The predicted molar refractivity (Wildman–Crippen MR) is 35.3 cm³/mol. The maximum atomic E-state index is 9.06. The Balaban J connectivity index is 3.80. The molecule has 0 unspecified atom stereocenters. The van der Waals surface area contributed by atoms with Crippen molar-refractivity contribution in [1.82, 2.24) is 5.06 Å². The molecule has 9 heavy (non-hydrogen) atoms. The molecule has 0 bridgehead atoms. The van der Waals surface area contributed by atoms with Crippen LogP contribution in [0.25, 0.3) is 0 Å². The van der Waals surface area contributed by atoms with E-state index in [1.165, 1.54) is 0 Å². The second-order valence-corrected chi connectivity index (χ2v) is 2.69. The first-order valence-corrected chi connectivity index (χ1v) is 3.12. The lowest BCUT2D eigenvalue weighted by molar-refractivity contribution is -0.170. The zero-order valence-corrected chi connectivity index (χ0v) is 6.26. The third kappa shape index (κ3) is 2.30. The second kappa shape index (κ2) is 3.15. The van der Waals surface area contributed by atoms with Gasteiger partial charge in [-0.05, 0) is 13.8 Å². The summed E-state index contributed by atoms with van der Waals surface area (Å²) in [7, 11) is 0. The molecular weight excluding hydrogens is 118 g/mol. The Bertz CT molecular complexity index is 83.1. The molecule has 3 nitrogen and oxygen atoms in total. The largest absolute Gasteiger partial charge is 0.394 e. The van der Waals surface area contributed by atoms with Crippen LogP contribution in [0, 0.1) is 0 Å². The summed E-state index contributed by atoms with van der Waals surface area (Å²) in [6.45, 7) is 5.88. The SMILES string of the molecule is CCN(O)C(C)(C)CO. The van der Waals surface area contributed by atoms with E-state index in [4.69, 9.17) is 10.3 Å². The maximum absolute atomic E-state index is 9.06. The quantitative estimate of drug-likeness (QED) is 0.550. The molecule has 0 aromatic rings. The van der Waals surface area contributed by atoms with E-state index in [2.05, 4.69) is 0 Å². The normalized spacial score (nSPS) is 12.7. The monoisotopic (exact) mass is 133 g/mol. The van der Waals surface area contributed by atoms with Gasteiger partial charge in [-0.3, -0.25) is 0 Å². The van der Waals surface area contributed by atoms with Crippen molar-refractivity contribution < 1.29 is 10.3 Å². The van der Waals surface area contributed by atoms with Gasteiger partial charge in [-0.25, -0.2) is 0 Å². The van der Waals surface area contributed by atoms with E-state index in [-0.39, 0.29) is 6.61 Å². The van der Waals surface area contributed by atoms with E-state index in [0.717, 1.165) is 5.06 Å². The van der Waals surface area contributed by atoms with Crippen molar-refractivity contribution in [3.63, 3.8) is 0 Å². The molecule has 0 spiro atoms. The molecule has 0 saturated heterocycles. The fourth-order valence-electron chi connectivity index (χ4n) is 0.510. The van der Waals surface area contributed by atoms with Crippen molar-refractivity contribution in [2.75, 3.05) is 13.2 Å². The van der Waals surface area contributed by atoms with Crippen molar-refractivity contribution >= 4 is 0 Å². The molecule has 0 fully saturated rings. The highest BCUT2D eigenvalue weighted by atomic mass is 16.5. The Morgan fingerprint density at radius 1 is 1.44 bits per heavy atom. The summed E-state index contributed by atoms with van der Waals surface area (Å²) in [5, 5.41) is 18.9. The Kier molecular flexibility index (Phi) is 3.11. The van der Waals surface area contributed by atoms with Crippen molar-refractivity contribution in [2.45, 2.75) is 26.3 Å². The molecule has 0 aromatic heterocycles. The van der Waals surface area contributed by atoms with Gasteiger partial charge in [0.2, 0.25) is 0 Å². The molecule has 0 rings (SSSR count). The molecule has 2 N–H and O–H groups in total. The molecule has 0 aliphatic rings. The lowest BCUT2D eigenvalue weighted by atomic mass is 10.1. The van der Waals surface area contributed by atoms with Gasteiger partial charge in [0.1, 0.15) is 0 Å². The Labute approximate surface area is 55.9 Å². The highest BCUT2D eigenvalue weighted by Gasteiger charge is 2.22. The lowest BCUT2D eigenvalue weighted by Crippen LogP contribution is -2.44. The highest BCUT2D eigenvalue weighted by molar-refractivity contribution is 4.73. The summed E-state index contributed by atoms with van der Waals surface area (Å²) in [6, 6.07) is 0. The number of hydrogen-bond acceptors (Lipinski definition) is 3. The molecule has 0 aliphatic heterocycles. The van der Waals surface area contributed by atoms with Gasteiger partial charge in [-0.2, -0.15) is 5.06 Å². The summed E-state index contributed by atoms with van der Waals surface area (Å²) >= 11 is 0. The number of hydroxylamine groups is 2. The van der Waals surface area contributed by atoms with E-state index in [1.807, 2.05) is 6.92 Å². The Hall–Kier alpha value is -0.120. The van der Waals surface area contributed by atoms with Crippen molar-refractivity contribution in [1.29, 1.82) is 0 Å². The Morgan fingerprint density at radius 2 is 1.89 bits per heavy atom. The number of hydrogen-bond donors (Lipinski definition) is 2. The first-order chi connectivity index (χ1) is 4.04. The van der Waals surface area contributed by atoms with Crippen LogP contribution < -0.4 is 0 Å². The van der Waals surface area contributed by atoms with Crippen LogP contribution in [0.3, 0.4) is 0 Å². The molecule has 0 amide bonds. The van der Waals surface area contributed by atoms with E-state index in [0.29, 0.717) is 6.54 Å². The zero-order chi connectivity index (χ0) is 7.49. The van der Waals surface area contributed by atoms with E-state index in [9.17, 15) is 0 Å². The van der Waals surface area contributed by atoms with Gasteiger partial charge in [0, 0.05) is 6.54 Å². The molecule has 56 valence electrons. The summed E-state index contributed by atoms with van der Waals surface area (Å²) in [4.78, 5) is 0. The minimum absolute atomic E-state index is 0.0304. The molecule has 0 atom stereocenters. The van der Waals surface area contributed by atoms with Crippen LogP contribution in [0.1, 0.15) is 20.8 Å². The molecule has 0 radical (unpaired) electrons. The highest BCUT2D eigenvalue weighted by Crippen LogP contribution is 2.08. The summed E-state index contributed by atoms with van der Waals surface area (Å²) < 4.78 is 0. The van der Waals surface area contributed by atoms with Gasteiger partial charge in [0.05, 0.1) is 12.1 Å². The Morgan fingerprint density at radius 3 is 2.00 bits per heavy atom. The van der Waals surface area contributed by atoms with E-state index < -0.39 is 5.54 Å². The third-order valence-corrected chi connectivity index (χ3v) is 1.39. The zero-order valence-electron chi connectivity index (χ0n) is 6.26. The van der Waals surface area contributed by atoms with E-state index in [1.54, 1.807) is 13.8 Å². The third-order valence-electron chi connectivity index (χ3n) is 1.39. The average Bonchev–Trinajstić information content (AvgIpc) is 1.86. The van der Waals surface area contributed by atoms with Crippen LogP contribution in [0.4, 0.5) is 0 Å². The van der Waals surface area contributed by atoms with Crippen molar-refractivity contribution in [2.24, 2.45) is 0 Å². The molecule has 0 aliphatic carbocycles. The molecule has 0 saturated carbocycles. The molecule has 0 heterocycles. The molecule has 0 aromatic carbocycles. The average molecular weight is 133 g/mol. The number of nitrogens with zero attached hydrogens (tertiary/aromatic N) is 1. The molecular formula is C6H15NO2. The van der Waals surface area contributed by atoms with Gasteiger partial charge in [0.15, 0.2) is 0 Å². The van der Waals surface area contributed by atoms with Crippen molar-refractivity contribution in [3.05, 3.63) is 0 Å². The van der Waals surface area contributed by atoms with Crippen LogP contribution in [0.5, 0.6) is 0 Å². The van der Waals surface area contributed by atoms with Gasteiger partial charge in [-0.15, -0.1) is 0 Å². The number of aliphatic hydroxyl groups excluding tert-OH is 1. The van der Waals surface area contributed by atoms with Gasteiger partial charge in [-0.1, -0.05) is 6.92 Å².